The number of hydrogen-bond acceptors (Lipinski definition) is 1. The molecule has 2 N–H and O–H groups in total. The summed E-state index contributed by atoms with van der Waals surface area (Å²) >= 11 is 0. The van der Waals surface area contributed by atoms with Crippen LogP contribution in [0.2, 0.25) is 0 Å². The monoisotopic (exact) mass is 169 g/mol. The Bertz CT molecular complexity index is 187. The summed E-state index contributed by atoms with van der Waals surface area (Å²) in [6, 6.07) is 0. The third-order valence-electron chi connectivity index (χ3n) is 4.11. The summed E-state index contributed by atoms with van der Waals surface area (Å²) in [6.07, 6.45) is 7.27. The van der Waals surface area contributed by atoms with E-state index < -0.39 is 0 Å². The van der Waals surface area contributed by atoms with Crippen molar-refractivity contribution in [1.82, 2.24) is 0 Å². The molecule has 4 aliphatic carbocycles. The second kappa shape index (κ2) is 2.47. The Morgan fingerprint density at radius 1 is 1.33 bits per heavy atom. The van der Waals surface area contributed by atoms with E-state index in [1.165, 1.54) is 32.1 Å². The highest BCUT2D eigenvalue weighted by Gasteiger charge is 2.77. The third-order valence-corrected chi connectivity index (χ3v) is 4.11. The highest BCUT2D eigenvalue weighted by atomic mass is 14.9. The molecule has 1 unspecified atom stereocenters. The van der Waals surface area contributed by atoms with Crippen molar-refractivity contribution in [3.8, 4) is 0 Å². The van der Waals surface area contributed by atoms with Gasteiger partial charge in [-0.3, -0.25) is 0 Å². The molecule has 12 heavy (non-hydrogen) atoms. The number of nitrogens with two attached hydrogens (primary N) is 1. The molecule has 4 aliphatic rings. The molecular formula is C11H23N. The van der Waals surface area contributed by atoms with E-state index in [-0.39, 0.29) is 1.43 Å². The van der Waals surface area contributed by atoms with Gasteiger partial charge in [0.1, 0.15) is 0 Å². The van der Waals surface area contributed by atoms with Crippen LogP contribution in [0.25, 0.3) is 0 Å². The maximum Gasteiger partial charge on any atom is 0 e. The Morgan fingerprint density at radius 2 is 1.92 bits per heavy atom. The van der Waals surface area contributed by atoms with Gasteiger partial charge in [0, 0.05) is 1.43 Å². The molecule has 0 amide bonds. The highest BCUT2D eigenvalue weighted by Crippen LogP contribution is 2.84. The summed E-state index contributed by atoms with van der Waals surface area (Å²) < 4.78 is 0. The largest absolute Gasteiger partial charge is 0.330 e. The lowest BCUT2D eigenvalue weighted by atomic mass is 9.77. The maximum atomic E-state index is 5.72. The molecule has 0 aromatic heterocycles. The SMILES string of the molecule is CCC.NCC12CC3CC1(C3)C2.[HH]. The molecule has 1 atom stereocenters. The first-order chi connectivity index (χ1) is 5.72. The smallest absolute Gasteiger partial charge is 0 e. The molecular weight excluding hydrogens is 146 g/mol. The van der Waals surface area contributed by atoms with Crippen LogP contribution in [0.4, 0.5) is 0 Å². The Balaban J connectivity index is 0.000000192. The summed E-state index contributed by atoms with van der Waals surface area (Å²) in [5, 5.41) is 0. The fourth-order valence-corrected chi connectivity index (χ4v) is 3.58. The van der Waals surface area contributed by atoms with Crippen molar-refractivity contribution in [3.63, 3.8) is 0 Å². The van der Waals surface area contributed by atoms with Gasteiger partial charge in [-0.15, -0.1) is 0 Å². The standard InChI is InChI=1S/C8H13N.C3H8.H2/c9-5-8-3-6-1-7(8,2-6)4-8;1-3-2;/h6H,1-5,9H2;3H2,1-2H3;1H. The summed E-state index contributed by atoms with van der Waals surface area (Å²) in [5.41, 5.74) is 7.24. The molecule has 0 aliphatic heterocycles. The van der Waals surface area contributed by atoms with Crippen molar-refractivity contribution in [1.29, 1.82) is 0 Å². The first kappa shape index (κ1) is 8.55. The minimum absolute atomic E-state index is 0. The lowest BCUT2D eigenvalue weighted by Gasteiger charge is -2.28. The molecule has 4 saturated carbocycles. The molecule has 4 fully saturated rings. The minimum Gasteiger partial charge on any atom is -0.330 e. The number of rotatable bonds is 1. The van der Waals surface area contributed by atoms with Crippen LogP contribution in [0.3, 0.4) is 0 Å². The molecule has 0 radical (unpaired) electrons. The summed E-state index contributed by atoms with van der Waals surface area (Å²) in [5.74, 6) is 1.10. The average Bonchev–Trinajstić information content (AvgIpc) is 2.43. The first-order valence-electron chi connectivity index (χ1n) is 5.42. The van der Waals surface area contributed by atoms with Gasteiger partial charge in [0.05, 0.1) is 0 Å². The number of hydrogen-bond donors (Lipinski definition) is 1. The van der Waals surface area contributed by atoms with Crippen LogP contribution in [0, 0.1) is 16.7 Å². The molecule has 4 rings (SSSR count). The van der Waals surface area contributed by atoms with Gasteiger partial charge in [0.25, 0.3) is 0 Å². The zero-order valence-corrected chi connectivity index (χ0v) is 8.40. The zero-order chi connectivity index (χ0) is 8.82. The van der Waals surface area contributed by atoms with Crippen LogP contribution in [0.1, 0.15) is 47.4 Å². The van der Waals surface area contributed by atoms with E-state index in [0.717, 1.165) is 17.9 Å². The van der Waals surface area contributed by atoms with Crippen molar-refractivity contribution in [2.45, 2.75) is 46.0 Å². The third kappa shape index (κ3) is 0.834. The van der Waals surface area contributed by atoms with Crippen LogP contribution in [0.15, 0.2) is 0 Å². The van der Waals surface area contributed by atoms with E-state index in [1.807, 2.05) is 0 Å². The van der Waals surface area contributed by atoms with E-state index in [9.17, 15) is 0 Å². The second-order valence-electron chi connectivity index (χ2n) is 5.13. The van der Waals surface area contributed by atoms with Crippen molar-refractivity contribution in [2.75, 3.05) is 6.54 Å². The van der Waals surface area contributed by atoms with E-state index in [4.69, 9.17) is 5.73 Å². The predicted octanol–water partition coefficient (Wildman–Crippen LogP) is 2.80. The van der Waals surface area contributed by atoms with Gasteiger partial charge < -0.3 is 5.73 Å². The Kier molecular flexibility index (Phi) is 1.76. The van der Waals surface area contributed by atoms with E-state index in [0.29, 0.717) is 5.41 Å². The molecule has 0 saturated heterocycles. The molecule has 2 bridgehead atoms. The summed E-state index contributed by atoms with van der Waals surface area (Å²) in [7, 11) is 0. The average molecular weight is 169 g/mol. The van der Waals surface area contributed by atoms with Gasteiger partial charge in [0.2, 0.25) is 0 Å². The van der Waals surface area contributed by atoms with Crippen LogP contribution >= 0.6 is 0 Å². The molecule has 72 valence electrons. The van der Waals surface area contributed by atoms with Gasteiger partial charge in [-0.05, 0) is 49.0 Å². The van der Waals surface area contributed by atoms with Crippen molar-refractivity contribution < 1.29 is 1.43 Å². The van der Waals surface area contributed by atoms with Gasteiger partial charge in [0.15, 0.2) is 0 Å². The summed E-state index contributed by atoms with van der Waals surface area (Å²) in [4.78, 5) is 0. The molecule has 0 aromatic carbocycles. The fraction of sp³-hybridized carbons (Fsp3) is 1.00. The summed E-state index contributed by atoms with van der Waals surface area (Å²) in [6.45, 7) is 5.23. The fourth-order valence-electron chi connectivity index (χ4n) is 3.58. The van der Waals surface area contributed by atoms with Crippen LogP contribution in [0.5, 0.6) is 0 Å². The van der Waals surface area contributed by atoms with E-state index >= 15 is 0 Å². The molecule has 1 spiro atoms. The Labute approximate surface area is 77.2 Å². The van der Waals surface area contributed by atoms with Gasteiger partial charge in [-0.2, -0.15) is 0 Å². The van der Waals surface area contributed by atoms with Gasteiger partial charge in [-0.25, -0.2) is 0 Å². The molecule has 1 nitrogen and oxygen atoms in total. The van der Waals surface area contributed by atoms with E-state index in [1.54, 1.807) is 0 Å². The normalized spacial score (nSPS) is 51.8. The van der Waals surface area contributed by atoms with E-state index in [2.05, 4.69) is 13.8 Å². The van der Waals surface area contributed by atoms with Crippen LogP contribution in [-0.2, 0) is 0 Å². The highest BCUT2D eigenvalue weighted by molar-refractivity contribution is 5.27. The maximum absolute atomic E-state index is 5.72. The van der Waals surface area contributed by atoms with Gasteiger partial charge in [-0.1, -0.05) is 20.3 Å². The molecule has 0 heterocycles. The van der Waals surface area contributed by atoms with Crippen molar-refractivity contribution in [2.24, 2.45) is 22.5 Å². The Morgan fingerprint density at radius 3 is 2.08 bits per heavy atom. The molecule has 1 heteroatoms. The van der Waals surface area contributed by atoms with Crippen molar-refractivity contribution >= 4 is 0 Å². The minimum atomic E-state index is 0. The van der Waals surface area contributed by atoms with Crippen molar-refractivity contribution in [3.05, 3.63) is 0 Å². The predicted molar refractivity (Wildman–Crippen MR) is 54.0 cm³/mol. The second-order valence-corrected chi connectivity index (χ2v) is 5.13. The lowest BCUT2D eigenvalue weighted by molar-refractivity contribution is 0.226. The topological polar surface area (TPSA) is 26.0 Å². The van der Waals surface area contributed by atoms with Crippen LogP contribution < -0.4 is 5.73 Å². The van der Waals surface area contributed by atoms with Crippen LogP contribution in [-0.4, -0.2) is 6.54 Å². The van der Waals surface area contributed by atoms with Gasteiger partial charge >= 0.3 is 0 Å². The zero-order valence-electron chi connectivity index (χ0n) is 8.40. The lowest BCUT2D eigenvalue weighted by Crippen LogP contribution is -2.19. The Hall–Kier alpha value is -0.0400. The molecule has 0 aromatic rings. The first-order valence-corrected chi connectivity index (χ1v) is 5.42. The quantitative estimate of drug-likeness (QED) is 0.642.